The van der Waals surface area contributed by atoms with E-state index in [1.807, 2.05) is 13.8 Å². The summed E-state index contributed by atoms with van der Waals surface area (Å²) >= 11 is 0. The smallest absolute Gasteiger partial charge is 0.507 e. The summed E-state index contributed by atoms with van der Waals surface area (Å²) in [5.74, 6) is -2.26. The first kappa shape index (κ1) is 24.8. The molecule has 0 saturated carbocycles. The second-order valence-electron chi connectivity index (χ2n) is 8.16. The molecule has 0 aliphatic carbocycles. The van der Waals surface area contributed by atoms with Crippen molar-refractivity contribution in [2.75, 3.05) is 4.90 Å². The van der Waals surface area contributed by atoms with E-state index < -0.39 is 35.6 Å². The molecule has 1 fully saturated rings. The van der Waals surface area contributed by atoms with Gasteiger partial charge in [0.25, 0.3) is 11.7 Å². The molecule has 4 rings (SSSR count). The van der Waals surface area contributed by atoms with Crippen molar-refractivity contribution < 1.29 is 37.3 Å². The highest BCUT2D eigenvalue weighted by Gasteiger charge is 2.47. The molecule has 0 spiro atoms. The number of aromatic nitrogens is 1. The van der Waals surface area contributed by atoms with Crippen LogP contribution in [0.5, 0.6) is 11.5 Å². The number of hydrogen-bond donors (Lipinski definition) is 1. The van der Waals surface area contributed by atoms with Gasteiger partial charge in [-0.1, -0.05) is 6.07 Å². The minimum Gasteiger partial charge on any atom is -0.507 e. The zero-order valence-electron chi connectivity index (χ0n) is 19.2. The van der Waals surface area contributed by atoms with E-state index in [9.17, 15) is 27.9 Å². The highest BCUT2D eigenvalue weighted by Crippen LogP contribution is 2.42. The van der Waals surface area contributed by atoms with Gasteiger partial charge in [0.15, 0.2) is 0 Å². The van der Waals surface area contributed by atoms with Crippen molar-refractivity contribution in [3.8, 4) is 11.5 Å². The lowest BCUT2D eigenvalue weighted by Crippen LogP contribution is -2.29. The normalized spacial score (nSPS) is 17.5. The molecule has 3 aromatic rings. The van der Waals surface area contributed by atoms with Crippen LogP contribution in [0, 0.1) is 0 Å². The topological polar surface area (TPSA) is 89.0 Å². The number of nitrogens with zero attached hydrogens (tertiary/aromatic N) is 2. The van der Waals surface area contributed by atoms with Crippen molar-refractivity contribution >= 4 is 23.1 Å². The van der Waals surface area contributed by atoms with Crippen LogP contribution in [0.1, 0.15) is 31.1 Å². The molecule has 10 heteroatoms. The van der Waals surface area contributed by atoms with Gasteiger partial charge >= 0.3 is 6.36 Å². The molecule has 2 aromatic carbocycles. The number of ether oxygens (including phenoxy) is 2. The van der Waals surface area contributed by atoms with Gasteiger partial charge < -0.3 is 14.6 Å². The summed E-state index contributed by atoms with van der Waals surface area (Å²) in [6.45, 7) is 3.73. The Morgan fingerprint density at radius 3 is 2.17 bits per heavy atom. The molecule has 36 heavy (non-hydrogen) atoms. The Kier molecular flexibility index (Phi) is 6.69. The first-order valence-electron chi connectivity index (χ1n) is 10.9. The van der Waals surface area contributed by atoms with Crippen LogP contribution in [0.25, 0.3) is 5.76 Å². The second-order valence-corrected chi connectivity index (χ2v) is 8.16. The molecule has 1 N–H and O–H groups in total. The number of hydrogen-bond acceptors (Lipinski definition) is 6. The number of halogens is 3. The largest absolute Gasteiger partial charge is 0.573 e. The number of carbonyl (C=O) groups is 2. The zero-order chi connectivity index (χ0) is 26.0. The molecule has 186 valence electrons. The second kappa shape index (κ2) is 9.73. The molecule has 2 heterocycles. The Balaban J connectivity index is 1.79. The van der Waals surface area contributed by atoms with E-state index in [1.165, 1.54) is 18.3 Å². The Hall–Kier alpha value is -4.34. The van der Waals surface area contributed by atoms with Gasteiger partial charge in [-0.2, -0.15) is 0 Å². The van der Waals surface area contributed by atoms with Gasteiger partial charge in [0, 0.05) is 17.4 Å². The maximum atomic E-state index is 13.1. The quantitative estimate of drug-likeness (QED) is 0.278. The fourth-order valence-electron chi connectivity index (χ4n) is 3.84. The number of anilines is 1. The minimum atomic E-state index is -4.88. The summed E-state index contributed by atoms with van der Waals surface area (Å²) in [6.07, 6.45) is -3.48. The number of carbonyl (C=O) groups excluding carboxylic acids is 2. The van der Waals surface area contributed by atoms with E-state index in [0.717, 1.165) is 17.0 Å². The first-order chi connectivity index (χ1) is 17.0. The van der Waals surface area contributed by atoms with Gasteiger partial charge in [-0.05, 0) is 74.5 Å². The molecule has 1 aliphatic rings. The van der Waals surface area contributed by atoms with Gasteiger partial charge in [-0.15, -0.1) is 13.2 Å². The van der Waals surface area contributed by atoms with E-state index in [0.29, 0.717) is 5.75 Å². The molecule has 7 nitrogen and oxygen atoms in total. The van der Waals surface area contributed by atoms with E-state index >= 15 is 0 Å². The summed E-state index contributed by atoms with van der Waals surface area (Å²) in [6, 6.07) is 14.6. The van der Waals surface area contributed by atoms with Crippen molar-refractivity contribution in [1.82, 2.24) is 4.98 Å². The van der Waals surface area contributed by atoms with Gasteiger partial charge in [-0.3, -0.25) is 19.5 Å². The van der Waals surface area contributed by atoms with Crippen molar-refractivity contribution in [3.05, 3.63) is 89.8 Å². The predicted octanol–water partition coefficient (Wildman–Crippen LogP) is 5.39. The molecule has 1 atom stereocenters. The number of rotatable bonds is 6. The fourth-order valence-corrected chi connectivity index (χ4v) is 3.84. The van der Waals surface area contributed by atoms with Crippen LogP contribution in [0.4, 0.5) is 18.9 Å². The number of amides is 1. The summed E-state index contributed by atoms with van der Waals surface area (Å²) in [4.78, 5) is 31.6. The van der Waals surface area contributed by atoms with Gasteiger partial charge in [-0.25, -0.2) is 0 Å². The lowest BCUT2D eigenvalue weighted by Gasteiger charge is -2.24. The first-order valence-corrected chi connectivity index (χ1v) is 10.9. The van der Waals surface area contributed by atoms with Crippen LogP contribution >= 0.6 is 0 Å². The van der Waals surface area contributed by atoms with Gasteiger partial charge in [0.1, 0.15) is 23.3 Å². The van der Waals surface area contributed by atoms with Gasteiger partial charge in [0.05, 0.1) is 17.4 Å². The molecule has 1 saturated heterocycles. The average molecular weight is 498 g/mol. The Labute approximate surface area is 204 Å². The van der Waals surface area contributed by atoms with Crippen molar-refractivity contribution in [2.45, 2.75) is 32.4 Å². The number of Topliss-reactive ketones (excluding diaryl/α,β-unsaturated/α-hetero) is 1. The Morgan fingerprint density at radius 1 is 0.972 bits per heavy atom. The Morgan fingerprint density at radius 2 is 1.61 bits per heavy atom. The third kappa shape index (κ3) is 5.17. The fraction of sp³-hybridized carbons (Fsp3) is 0.192. The van der Waals surface area contributed by atoms with Crippen molar-refractivity contribution in [1.29, 1.82) is 0 Å². The summed E-state index contributed by atoms with van der Waals surface area (Å²) < 4.78 is 47.1. The summed E-state index contributed by atoms with van der Waals surface area (Å²) in [7, 11) is 0. The number of aliphatic hydroxyl groups is 1. The number of aliphatic hydroxyl groups excluding tert-OH is 1. The molecule has 0 radical (unpaired) electrons. The van der Waals surface area contributed by atoms with Crippen LogP contribution in [0.15, 0.2) is 78.5 Å². The number of pyridine rings is 1. The highest BCUT2D eigenvalue weighted by atomic mass is 19.4. The third-order valence-corrected chi connectivity index (χ3v) is 5.26. The standard InChI is InChI=1S/C26H21F3N2O5/c1-15(2)35-18-10-6-16(7-11-18)23(32)21-22(20-5-3-4-14-30-20)31(25(34)24(21)33)17-8-12-19(13-9-17)36-26(27,28)29/h3-15,22,32H,1-2H3/b23-21-. The van der Waals surface area contributed by atoms with Crippen LogP contribution in [0.3, 0.4) is 0 Å². The molecule has 1 aliphatic heterocycles. The number of ketones is 1. The molecule has 1 amide bonds. The minimum absolute atomic E-state index is 0.0631. The van der Waals surface area contributed by atoms with Crippen LogP contribution in [-0.2, 0) is 9.59 Å². The lowest BCUT2D eigenvalue weighted by atomic mass is 9.98. The predicted molar refractivity (Wildman–Crippen MR) is 124 cm³/mol. The van der Waals surface area contributed by atoms with Crippen LogP contribution in [0.2, 0.25) is 0 Å². The molecular weight excluding hydrogens is 477 g/mol. The molecule has 0 bridgehead atoms. The van der Waals surface area contributed by atoms with E-state index in [4.69, 9.17) is 4.74 Å². The van der Waals surface area contributed by atoms with Crippen LogP contribution in [-0.4, -0.2) is 34.2 Å². The van der Waals surface area contributed by atoms with Crippen molar-refractivity contribution in [2.24, 2.45) is 0 Å². The zero-order valence-corrected chi connectivity index (χ0v) is 19.2. The highest BCUT2D eigenvalue weighted by molar-refractivity contribution is 6.51. The molecular formula is C26H21F3N2O5. The van der Waals surface area contributed by atoms with Crippen molar-refractivity contribution in [3.63, 3.8) is 0 Å². The number of alkyl halides is 3. The van der Waals surface area contributed by atoms with E-state index in [2.05, 4.69) is 9.72 Å². The molecule has 1 unspecified atom stereocenters. The molecule has 1 aromatic heterocycles. The average Bonchev–Trinajstić information content (AvgIpc) is 3.09. The SMILES string of the molecule is CC(C)Oc1ccc(/C(O)=C2/C(=O)C(=O)N(c3ccc(OC(F)(F)F)cc3)C2c2ccccn2)cc1. The van der Waals surface area contributed by atoms with Gasteiger partial charge in [0.2, 0.25) is 0 Å². The summed E-state index contributed by atoms with van der Waals surface area (Å²) in [5, 5.41) is 11.1. The number of benzene rings is 2. The van der Waals surface area contributed by atoms with Crippen LogP contribution < -0.4 is 14.4 Å². The maximum Gasteiger partial charge on any atom is 0.573 e. The summed E-state index contributed by atoms with van der Waals surface area (Å²) in [5.41, 5.74) is 0.487. The van der Waals surface area contributed by atoms with E-state index in [-0.39, 0.29) is 28.6 Å². The lowest BCUT2D eigenvalue weighted by molar-refractivity contribution is -0.274. The third-order valence-electron chi connectivity index (χ3n) is 5.26. The maximum absolute atomic E-state index is 13.1. The monoisotopic (exact) mass is 498 g/mol. The Bertz CT molecular complexity index is 1290. The van der Waals surface area contributed by atoms with E-state index in [1.54, 1.807) is 42.5 Å².